The van der Waals surface area contributed by atoms with Crippen molar-refractivity contribution in [2.24, 2.45) is 5.73 Å². The Balaban J connectivity index is 2.13. The number of primary amides is 1. The molecule has 2 rings (SSSR count). The molecule has 3 N–H and O–H groups in total. The van der Waals surface area contributed by atoms with E-state index in [9.17, 15) is 13.2 Å². The van der Waals surface area contributed by atoms with Crippen LogP contribution in [-0.2, 0) is 16.4 Å². The van der Waals surface area contributed by atoms with Gasteiger partial charge in [-0.05, 0) is 37.1 Å². The monoisotopic (exact) mass is 348 g/mol. The Morgan fingerprint density at radius 1 is 1.17 bits per heavy atom. The van der Waals surface area contributed by atoms with E-state index in [-0.39, 0.29) is 22.8 Å². The zero-order chi connectivity index (χ0) is 17.6. The van der Waals surface area contributed by atoms with Crippen molar-refractivity contribution < 1.29 is 17.9 Å². The van der Waals surface area contributed by atoms with Gasteiger partial charge in [0.05, 0.1) is 17.1 Å². The van der Waals surface area contributed by atoms with Crippen molar-refractivity contribution >= 4 is 15.9 Å². The van der Waals surface area contributed by atoms with Crippen LogP contribution in [0.1, 0.15) is 22.8 Å². The summed E-state index contributed by atoms with van der Waals surface area (Å²) in [6, 6.07) is 13.6. The predicted octanol–water partition coefficient (Wildman–Crippen LogP) is 1.71. The van der Waals surface area contributed by atoms with Crippen molar-refractivity contribution in [1.29, 1.82) is 0 Å². The number of benzene rings is 2. The van der Waals surface area contributed by atoms with Crippen LogP contribution in [0, 0.1) is 0 Å². The van der Waals surface area contributed by atoms with Gasteiger partial charge in [0.1, 0.15) is 5.75 Å². The number of nitrogens with one attached hydrogen (secondary N) is 1. The van der Waals surface area contributed by atoms with Gasteiger partial charge in [-0.1, -0.05) is 30.3 Å². The van der Waals surface area contributed by atoms with Crippen molar-refractivity contribution in [2.45, 2.75) is 18.2 Å². The Hall–Kier alpha value is -2.38. The van der Waals surface area contributed by atoms with Gasteiger partial charge in [0, 0.05) is 6.54 Å². The highest BCUT2D eigenvalue weighted by Crippen LogP contribution is 2.22. The number of ether oxygens (including phenoxy) is 1. The van der Waals surface area contributed by atoms with E-state index in [0.29, 0.717) is 13.0 Å². The third-order valence-corrected chi connectivity index (χ3v) is 4.83. The summed E-state index contributed by atoms with van der Waals surface area (Å²) in [5.41, 5.74) is 6.38. The number of hydrogen-bond acceptors (Lipinski definition) is 4. The van der Waals surface area contributed by atoms with Crippen molar-refractivity contribution in [1.82, 2.24) is 4.72 Å². The summed E-state index contributed by atoms with van der Waals surface area (Å²) in [5.74, 6) is -0.465. The molecule has 0 aliphatic rings. The van der Waals surface area contributed by atoms with Gasteiger partial charge in [-0.25, -0.2) is 13.1 Å². The Bertz CT molecular complexity index is 805. The van der Waals surface area contributed by atoms with E-state index in [2.05, 4.69) is 4.72 Å². The van der Waals surface area contributed by atoms with Crippen molar-refractivity contribution in [3.63, 3.8) is 0 Å². The Kier molecular flexibility index (Phi) is 5.94. The molecule has 2 aromatic rings. The molecule has 0 aliphatic carbocycles. The van der Waals surface area contributed by atoms with Crippen LogP contribution in [0.3, 0.4) is 0 Å². The van der Waals surface area contributed by atoms with Crippen molar-refractivity contribution in [2.75, 3.05) is 13.2 Å². The highest BCUT2D eigenvalue weighted by Gasteiger charge is 2.18. The minimum atomic E-state index is -3.73. The minimum Gasteiger partial charge on any atom is -0.493 e. The van der Waals surface area contributed by atoms with Crippen LogP contribution in [0.25, 0.3) is 0 Å². The molecule has 128 valence electrons. The fourth-order valence-corrected chi connectivity index (χ4v) is 3.27. The van der Waals surface area contributed by atoms with Gasteiger partial charge in [0.15, 0.2) is 0 Å². The highest BCUT2D eigenvalue weighted by atomic mass is 32.2. The Labute approximate surface area is 141 Å². The maximum absolute atomic E-state index is 12.4. The number of carbonyl (C=O) groups is 1. The van der Waals surface area contributed by atoms with E-state index in [1.807, 2.05) is 30.3 Å². The number of carbonyl (C=O) groups excluding carboxylic acids is 1. The Morgan fingerprint density at radius 3 is 2.50 bits per heavy atom. The third-order valence-electron chi connectivity index (χ3n) is 3.38. The SMILES string of the molecule is CCOc1ccc(S(=O)(=O)NCCc2ccccc2)cc1C(N)=O. The standard InChI is InChI=1S/C17H20N2O4S/c1-2-23-16-9-8-14(12-15(16)17(18)20)24(21,22)19-11-10-13-6-4-3-5-7-13/h3-9,12,19H,2,10-11H2,1H3,(H2,18,20). The first-order chi connectivity index (χ1) is 11.4. The van der Waals surface area contributed by atoms with Crippen LogP contribution in [-0.4, -0.2) is 27.5 Å². The lowest BCUT2D eigenvalue weighted by molar-refractivity contribution is 0.0996. The third kappa shape index (κ3) is 4.56. The lowest BCUT2D eigenvalue weighted by Crippen LogP contribution is -2.26. The molecule has 0 fully saturated rings. The number of hydrogen-bond donors (Lipinski definition) is 2. The number of sulfonamides is 1. The van der Waals surface area contributed by atoms with E-state index in [4.69, 9.17) is 10.5 Å². The molecule has 0 saturated carbocycles. The normalized spacial score (nSPS) is 11.2. The number of nitrogens with two attached hydrogens (primary N) is 1. The van der Waals surface area contributed by atoms with Crippen LogP contribution in [0.5, 0.6) is 5.75 Å². The molecule has 0 unspecified atom stereocenters. The van der Waals surface area contributed by atoms with Crippen molar-refractivity contribution in [3.05, 3.63) is 59.7 Å². The van der Waals surface area contributed by atoms with Gasteiger partial charge in [-0.2, -0.15) is 0 Å². The molecule has 0 saturated heterocycles. The second-order valence-corrected chi connectivity index (χ2v) is 6.86. The molecular weight excluding hydrogens is 328 g/mol. The zero-order valence-corrected chi connectivity index (χ0v) is 14.2. The molecule has 6 nitrogen and oxygen atoms in total. The average molecular weight is 348 g/mol. The molecule has 0 bridgehead atoms. The summed E-state index contributed by atoms with van der Waals surface area (Å²) in [6.07, 6.45) is 0.569. The molecular formula is C17H20N2O4S. The van der Waals surface area contributed by atoms with Gasteiger partial charge in [0.25, 0.3) is 5.91 Å². The van der Waals surface area contributed by atoms with Crippen LogP contribution in [0.4, 0.5) is 0 Å². The van der Waals surface area contributed by atoms with E-state index in [0.717, 1.165) is 5.56 Å². The summed E-state index contributed by atoms with van der Waals surface area (Å²) < 4.78 is 32.5. The summed E-state index contributed by atoms with van der Waals surface area (Å²) in [5, 5.41) is 0. The quantitative estimate of drug-likeness (QED) is 0.758. The molecule has 24 heavy (non-hydrogen) atoms. The number of amides is 1. The fourth-order valence-electron chi connectivity index (χ4n) is 2.21. The largest absolute Gasteiger partial charge is 0.493 e. The van der Waals surface area contributed by atoms with Gasteiger partial charge in [-0.15, -0.1) is 0 Å². The molecule has 0 aromatic heterocycles. The lowest BCUT2D eigenvalue weighted by Gasteiger charge is -2.11. The highest BCUT2D eigenvalue weighted by molar-refractivity contribution is 7.89. The van der Waals surface area contributed by atoms with E-state index in [1.165, 1.54) is 18.2 Å². The van der Waals surface area contributed by atoms with Gasteiger partial charge in [0.2, 0.25) is 10.0 Å². The van der Waals surface area contributed by atoms with Gasteiger partial charge in [-0.3, -0.25) is 4.79 Å². The van der Waals surface area contributed by atoms with Crippen LogP contribution in [0.15, 0.2) is 53.4 Å². The molecule has 0 atom stereocenters. The fraction of sp³-hybridized carbons (Fsp3) is 0.235. The Morgan fingerprint density at radius 2 is 1.88 bits per heavy atom. The average Bonchev–Trinajstić information content (AvgIpc) is 2.56. The first-order valence-corrected chi connectivity index (χ1v) is 9.02. The summed E-state index contributed by atoms with van der Waals surface area (Å²) in [7, 11) is -3.73. The van der Waals surface area contributed by atoms with Crippen LogP contribution in [0.2, 0.25) is 0 Å². The second-order valence-electron chi connectivity index (χ2n) is 5.09. The smallest absolute Gasteiger partial charge is 0.252 e. The maximum atomic E-state index is 12.4. The molecule has 0 radical (unpaired) electrons. The van der Waals surface area contributed by atoms with Gasteiger partial charge < -0.3 is 10.5 Å². The molecule has 1 amide bonds. The topological polar surface area (TPSA) is 98.5 Å². The molecule has 2 aromatic carbocycles. The zero-order valence-electron chi connectivity index (χ0n) is 13.4. The van der Waals surface area contributed by atoms with Gasteiger partial charge >= 0.3 is 0 Å². The molecule has 0 aliphatic heterocycles. The summed E-state index contributed by atoms with van der Waals surface area (Å²) in [6.45, 7) is 2.37. The molecule has 0 heterocycles. The molecule has 7 heteroatoms. The summed E-state index contributed by atoms with van der Waals surface area (Å²) in [4.78, 5) is 11.5. The lowest BCUT2D eigenvalue weighted by atomic mass is 10.2. The molecule has 0 spiro atoms. The predicted molar refractivity (Wildman–Crippen MR) is 91.5 cm³/mol. The minimum absolute atomic E-state index is 0.0205. The van der Waals surface area contributed by atoms with Crippen LogP contribution >= 0.6 is 0 Å². The van der Waals surface area contributed by atoms with E-state index >= 15 is 0 Å². The first kappa shape index (κ1) is 18.0. The first-order valence-electron chi connectivity index (χ1n) is 7.54. The maximum Gasteiger partial charge on any atom is 0.252 e. The second kappa shape index (κ2) is 7.94. The van der Waals surface area contributed by atoms with Crippen LogP contribution < -0.4 is 15.2 Å². The van der Waals surface area contributed by atoms with E-state index in [1.54, 1.807) is 6.92 Å². The summed E-state index contributed by atoms with van der Waals surface area (Å²) >= 11 is 0. The van der Waals surface area contributed by atoms with Crippen molar-refractivity contribution in [3.8, 4) is 5.75 Å². The van der Waals surface area contributed by atoms with E-state index < -0.39 is 15.9 Å². The number of rotatable bonds is 8.